The Bertz CT molecular complexity index is 443. The van der Waals surface area contributed by atoms with E-state index < -0.39 is 5.60 Å². The first-order valence-electron chi connectivity index (χ1n) is 7.35. The van der Waals surface area contributed by atoms with E-state index >= 15 is 0 Å². The highest BCUT2D eigenvalue weighted by atomic mass is 16.5. The first-order chi connectivity index (χ1) is 8.96. The molecular formula is C17H26O2. The summed E-state index contributed by atoms with van der Waals surface area (Å²) in [5.74, 6) is 1.17. The van der Waals surface area contributed by atoms with Gasteiger partial charge in [0, 0.05) is 5.56 Å². The second-order valence-electron chi connectivity index (χ2n) is 6.14. The summed E-state index contributed by atoms with van der Waals surface area (Å²) in [6.45, 7) is 6.10. The molecule has 0 aliphatic heterocycles. The number of aliphatic hydroxyl groups is 1. The van der Waals surface area contributed by atoms with Gasteiger partial charge in [-0.15, -0.1) is 0 Å². The minimum atomic E-state index is -0.788. The van der Waals surface area contributed by atoms with Crippen molar-refractivity contribution in [2.45, 2.75) is 58.5 Å². The van der Waals surface area contributed by atoms with Gasteiger partial charge in [0.1, 0.15) is 5.75 Å². The molecule has 1 aromatic rings. The summed E-state index contributed by atoms with van der Waals surface area (Å²) in [5, 5.41) is 11.1. The maximum atomic E-state index is 11.1. The van der Waals surface area contributed by atoms with Crippen molar-refractivity contribution in [1.29, 1.82) is 0 Å². The van der Waals surface area contributed by atoms with Crippen molar-refractivity contribution in [2.75, 3.05) is 7.11 Å². The molecule has 1 unspecified atom stereocenters. The molecule has 0 heterocycles. The SMILES string of the molecule is COc1cc(C)cc(C)c1C(C)(O)C1CCCCC1. The summed E-state index contributed by atoms with van der Waals surface area (Å²) in [5.41, 5.74) is 2.50. The van der Waals surface area contributed by atoms with E-state index in [9.17, 15) is 5.11 Å². The normalized spacial score (nSPS) is 20.1. The van der Waals surface area contributed by atoms with E-state index in [1.165, 1.54) is 24.8 Å². The number of methoxy groups -OCH3 is 1. The van der Waals surface area contributed by atoms with Crippen LogP contribution < -0.4 is 4.74 Å². The van der Waals surface area contributed by atoms with Crippen LogP contribution in [0.1, 0.15) is 55.7 Å². The van der Waals surface area contributed by atoms with Gasteiger partial charge in [-0.05, 0) is 56.7 Å². The fourth-order valence-electron chi connectivity index (χ4n) is 3.61. The Labute approximate surface area is 116 Å². The average Bonchev–Trinajstić information content (AvgIpc) is 2.38. The molecule has 1 fully saturated rings. The molecule has 106 valence electrons. The maximum Gasteiger partial charge on any atom is 0.125 e. The number of aryl methyl sites for hydroxylation is 2. The zero-order valence-electron chi connectivity index (χ0n) is 12.6. The summed E-state index contributed by atoms with van der Waals surface area (Å²) >= 11 is 0. The summed E-state index contributed by atoms with van der Waals surface area (Å²) in [6, 6.07) is 4.16. The zero-order chi connectivity index (χ0) is 14.0. The van der Waals surface area contributed by atoms with E-state index in [1.807, 2.05) is 13.0 Å². The van der Waals surface area contributed by atoms with Crippen LogP contribution in [0.5, 0.6) is 5.75 Å². The van der Waals surface area contributed by atoms with Crippen molar-refractivity contribution in [3.63, 3.8) is 0 Å². The third-order valence-electron chi connectivity index (χ3n) is 4.57. The lowest BCUT2D eigenvalue weighted by atomic mass is 9.73. The number of hydrogen-bond acceptors (Lipinski definition) is 2. The maximum absolute atomic E-state index is 11.1. The molecule has 0 amide bonds. The highest BCUT2D eigenvalue weighted by molar-refractivity contribution is 5.46. The molecular weight excluding hydrogens is 236 g/mol. The van der Waals surface area contributed by atoms with Crippen LogP contribution in [0.3, 0.4) is 0 Å². The van der Waals surface area contributed by atoms with Crippen LogP contribution in [0.15, 0.2) is 12.1 Å². The van der Waals surface area contributed by atoms with Gasteiger partial charge in [-0.1, -0.05) is 25.3 Å². The van der Waals surface area contributed by atoms with E-state index in [-0.39, 0.29) is 0 Å². The first kappa shape index (κ1) is 14.4. The van der Waals surface area contributed by atoms with Gasteiger partial charge < -0.3 is 9.84 Å². The third-order valence-corrected chi connectivity index (χ3v) is 4.57. The molecule has 0 aromatic heterocycles. The van der Waals surface area contributed by atoms with E-state index in [0.717, 1.165) is 29.7 Å². The van der Waals surface area contributed by atoms with Crippen LogP contribution in [-0.2, 0) is 5.60 Å². The molecule has 0 spiro atoms. The van der Waals surface area contributed by atoms with Crippen molar-refractivity contribution < 1.29 is 9.84 Å². The highest BCUT2D eigenvalue weighted by Crippen LogP contribution is 2.44. The van der Waals surface area contributed by atoms with Gasteiger partial charge in [-0.3, -0.25) is 0 Å². The molecule has 0 bridgehead atoms. The molecule has 2 rings (SSSR count). The van der Waals surface area contributed by atoms with Crippen molar-refractivity contribution in [3.8, 4) is 5.75 Å². The molecule has 2 heteroatoms. The van der Waals surface area contributed by atoms with Gasteiger partial charge in [0.05, 0.1) is 12.7 Å². The minimum Gasteiger partial charge on any atom is -0.496 e. The topological polar surface area (TPSA) is 29.5 Å². The fraction of sp³-hybridized carbons (Fsp3) is 0.647. The van der Waals surface area contributed by atoms with Crippen molar-refractivity contribution in [3.05, 3.63) is 28.8 Å². The second kappa shape index (κ2) is 5.54. The molecule has 1 aliphatic rings. The molecule has 2 nitrogen and oxygen atoms in total. The van der Waals surface area contributed by atoms with Crippen LogP contribution in [0.4, 0.5) is 0 Å². The third kappa shape index (κ3) is 2.79. The Hall–Kier alpha value is -1.02. The largest absolute Gasteiger partial charge is 0.496 e. The number of benzene rings is 1. The van der Waals surface area contributed by atoms with Gasteiger partial charge in [-0.2, -0.15) is 0 Å². The van der Waals surface area contributed by atoms with Crippen LogP contribution in [0.2, 0.25) is 0 Å². The van der Waals surface area contributed by atoms with Gasteiger partial charge >= 0.3 is 0 Å². The van der Waals surface area contributed by atoms with Gasteiger partial charge in [0.2, 0.25) is 0 Å². The molecule has 19 heavy (non-hydrogen) atoms. The molecule has 1 N–H and O–H groups in total. The Kier molecular flexibility index (Phi) is 4.19. The van der Waals surface area contributed by atoms with E-state index in [1.54, 1.807) is 7.11 Å². The standard InChI is InChI=1S/C17H26O2/c1-12-10-13(2)16(15(11-12)19-4)17(3,18)14-8-6-5-7-9-14/h10-11,14,18H,5-9H2,1-4H3. The Balaban J connectivity index is 2.43. The number of ether oxygens (including phenoxy) is 1. The molecule has 1 aromatic carbocycles. The van der Waals surface area contributed by atoms with Crippen LogP contribution >= 0.6 is 0 Å². The van der Waals surface area contributed by atoms with E-state index in [0.29, 0.717) is 5.92 Å². The quantitative estimate of drug-likeness (QED) is 0.888. The van der Waals surface area contributed by atoms with Gasteiger partial charge in [-0.25, -0.2) is 0 Å². The van der Waals surface area contributed by atoms with Crippen molar-refractivity contribution >= 4 is 0 Å². The zero-order valence-corrected chi connectivity index (χ0v) is 12.6. The van der Waals surface area contributed by atoms with Crippen molar-refractivity contribution in [2.24, 2.45) is 5.92 Å². The Morgan fingerprint density at radius 2 is 1.79 bits per heavy atom. The summed E-state index contributed by atoms with van der Waals surface area (Å²) in [6.07, 6.45) is 5.99. The van der Waals surface area contributed by atoms with E-state index in [4.69, 9.17) is 4.74 Å². The summed E-state index contributed by atoms with van der Waals surface area (Å²) in [4.78, 5) is 0. The highest BCUT2D eigenvalue weighted by Gasteiger charge is 2.37. The fourth-order valence-corrected chi connectivity index (χ4v) is 3.61. The predicted octanol–water partition coefficient (Wildman–Crippen LogP) is 4.10. The Morgan fingerprint density at radius 3 is 2.37 bits per heavy atom. The molecule has 1 aliphatic carbocycles. The van der Waals surface area contributed by atoms with Crippen molar-refractivity contribution in [1.82, 2.24) is 0 Å². The summed E-state index contributed by atoms with van der Waals surface area (Å²) in [7, 11) is 1.69. The lowest BCUT2D eigenvalue weighted by Gasteiger charge is -2.37. The van der Waals surface area contributed by atoms with Gasteiger partial charge in [0.15, 0.2) is 0 Å². The molecule has 0 radical (unpaired) electrons. The minimum absolute atomic E-state index is 0.344. The monoisotopic (exact) mass is 262 g/mol. The lowest BCUT2D eigenvalue weighted by molar-refractivity contribution is -0.0237. The predicted molar refractivity (Wildman–Crippen MR) is 78.6 cm³/mol. The second-order valence-corrected chi connectivity index (χ2v) is 6.14. The Morgan fingerprint density at radius 1 is 1.16 bits per heavy atom. The smallest absolute Gasteiger partial charge is 0.125 e. The lowest BCUT2D eigenvalue weighted by Crippen LogP contribution is -2.34. The molecule has 0 saturated heterocycles. The van der Waals surface area contributed by atoms with Crippen LogP contribution in [0.25, 0.3) is 0 Å². The first-order valence-corrected chi connectivity index (χ1v) is 7.35. The summed E-state index contributed by atoms with van der Waals surface area (Å²) < 4.78 is 5.52. The molecule has 1 saturated carbocycles. The molecule has 1 atom stereocenters. The van der Waals surface area contributed by atoms with Crippen LogP contribution in [0, 0.1) is 19.8 Å². The average molecular weight is 262 g/mol. The van der Waals surface area contributed by atoms with Crippen LogP contribution in [-0.4, -0.2) is 12.2 Å². The number of hydrogen-bond donors (Lipinski definition) is 1. The number of rotatable bonds is 3. The van der Waals surface area contributed by atoms with E-state index in [2.05, 4.69) is 19.9 Å². The van der Waals surface area contributed by atoms with Gasteiger partial charge in [0.25, 0.3) is 0 Å².